The Bertz CT molecular complexity index is 1020. The number of nitro benzene ring substituents is 2. The Morgan fingerprint density at radius 3 is 1.93 bits per heavy atom. The van der Waals surface area contributed by atoms with Crippen molar-refractivity contribution in [1.29, 1.82) is 0 Å². The lowest BCUT2D eigenvalue weighted by molar-refractivity contribution is -0.392. The number of nitro groups is 2. The van der Waals surface area contributed by atoms with Gasteiger partial charge in [0.15, 0.2) is 0 Å². The summed E-state index contributed by atoms with van der Waals surface area (Å²) in [6.07, 6.45) is 4.74. The Hall–Kier alpha value is -4.55. The van der Waals surface area contributed by atoms with Gasteiger partial charge in [-0.3, -0.25) is 25.1 Å². The number of carboxylic acids is 1. The molecule has 1 aromatic rings. The summed E-state index contributed by atoms with van der Waals surface area (Å²) < 4.78 is 9.24. The van der Waals surface area contributed by atoms with Crippen LogP contribution in [-0.2, 0) is 19.1 Å². The van der Waals surface area contributed by atoms with E-state index in [1.807, 2.05) is 0 Å². The van der Waals surface area contributed by atoms with Crippen LogP contribution in [0.15, 0.2) is 47.8 Å². The van der Waals surface area contributed by atoms with Crippen LogP contribution in [0.3, 0.4) is 0 Å². The van der Waals surface area contributed by atoms with Crippen LogP contribution in [0, 0.1) is 20.2 Å². The first kappa shape index (κ1) is 21.7. The molecule has 1 aliphatic rings. The Kier molecular flexibility index (Phi) is 6.26. The first-order valence-corrected chi connectivity index (χ1v) is 7.89. The number of ether oxygens (including phenoxy) is 2. The van der Waals surface area contributed by atoms with E-state index in [1.54, 1.807) is 0 Å². The largest absolute Gasteiger partial charge is 0.478 e. The van der Waals surface area contributed by atoms with E-state index in [0.717, 1.165) is 26.5 Å². The highest BCUT2D eigenvalue weighted by molar-refractivity contribution is 6.06. The molecule has 0 saturated heterocycles. The van der Waals surface area contributed by atoms with Gasteiger partial charge in [-0.2, -0.15) is 0 Å². The number of methoxy groups -OCH3 is 2. The summed E-state index contributed by atoms with van der Waals surface area (Å²) in [6, 6.07) is 1.20. The first-order chi connectivity index (χ1) is 14.1. The molecule has 0 atom stereocenters. The molecule has 0 fully saturated rings. The van der Waals surface area contributed by atoms with Crippen molar-refractivity contribution in [2.24, 2.45) is 0 Å². The number of allylic oxidation sites excluding steroid dienone is 2. The highest BCUT2D eigenvalue weighted by atomic mass is 16.6. The van der Waals surface area contributed by atoms with E-state index in [2.05, 4.69) is 9.47 Å². The van der Waals surface area contributed by atoms with Gasteiger partial charge >= 0.3 is 29.3 Å². The van der Waals surface area contributed by atoms with Gasteiger partial charge in [0.25, 0.3) is 0 Å². The number of nitrogens with zero attached hydrogens (tertiary/aromatic N) is 3. The maximum Gasteiger partial charge on any atom is 0.355 e. The van der Waals surface area contributed by atoms with Crippen molar-refractivity contribution in [1.82, 2.24) is 0 Å². The molecule has 0 aromatic heterocycles. The SMILES string of the molecule is COC(=O)C1=C(C(=O)OC)N(c2c([N+](=O)[O-])cc(C(=O)O)cc2[N+](=O)[O-])C=CC=C1. The van der Waals surface area contributed by atoms with Gasteiger partial charge in [-0.1, -0.05) is 6.08 Å². The van der Waals surface area contributed by atoms with Crippen LogP contribution in [-0.4, -0.2) is 47.1 Å². The fourth-order valence-corrected chi connectivity index (χ4v) is 2.59. The van der Waals surface area contributed by atoms with Gasteiger partial charge in [-0.15, -0.1) is 0 Å². The topological polar surface area (TPSA) is 179 Å². The molecule has 0 amide bonds. The normalized spacial score (nSPS) is 12.9. The van der Waals surface area contributed by atoms with E-state index < -0.39 is 61.7 Å². The average molecular weight is 419 g/mol. The molecular weight excluding hydrogens is 406 g/mol. The second-order valence-electron chi connectivity index (χ2n) is 5.50. The number of anilines is 1. The summed E-state index contributed by atoms with van der Waals surface area (Å²) in [6.45, 7) is 0. The van der Waals surface area contributed by atoms with E-state index in [9.17, 15) is 34.6 Å². The molecule has 30 heavy (non-hydrogen) atoms. The van der Waals surface area contributed by atoms with Gasteiger partial charge in [0.05, 0.1) is 35.2 Å². The quantitative estimate of drug-likeness (QED) is 0.402. The molecule has 13 heteroatoms. The molecule has 0 unspecified atom stereocenters. The van der Waals surface area contributed by atoms with E-state index in [4.69, 9.17) is 5.11 Å². The molecule has 1 aromatic carbocycles. The number of carbonyl (C=O) groups excluding carboxylic acids is 2. The van der Waals surface area contributed by atoms with E-state index in [1.165, 1.54) is 12.2 Å². The monoisotopic (exact) mass is 419 g/mol. The first-order valence-electron chi connectivity index (χ1n) is 7.89. The molecule has 0 radical (unpaired) electrons. The lowest BCUT2D eigenvalue weighted by Crippen LogP contribution is -2.28. The van der Waals surface area contributed by atoms with Gasteiger partial charge < -0.3 is 14.6 Å². The number of esters is 2. The lowest BCUT2D eigenvalue weighted by atomic mass is 10.1. The van der Waals surface area contributed by atoms with Crippen molar-refractivity contribution in [2.45, 2.75) is 0 Å². The van der Waals surface area contributed by atoms with Crippen LogP contribution in [0.25, 0.3) is 0 Å². The van der Waals surface area contributed by atoms with Crippen LogP contribution < -0.4 is 4.90 Å². The fraction of sp³-hybridized carbons (Fsp3) is 0.118. The molecule has 2 rings (SSSR count). The second-order valence-corrected chi connectivity index (χ2v) is 5.50. The van der Waals surface area contributed by atoms with Gasteiger partial charge in [0.2, 0.25) is 5.69 Å². The number of carbonyl (C=O) groups is 3. The van der Waals surface area contributed by atoms with Crippen LogP contribution in [0.5, 0.6) is 0 Å². The molecule has 156 valence electrons. The van der Waals surface area contributed by atoms with Gasteiger partial charge in [0, 0.05) is 18.3 Å². The Labute approximate surface area is 167 Å². The minimum atomic E-state index is -1.64. The molecule has 0 spiro atoms. The Balaban J connectivity index is 2.99. The molecule has 1 N–H and O–H groups in total. The molecule has 0 bridgehead atoms. The molecular formula is C17H13N3O10. The van der Waals surface area contributed by atoms with Crippen LogP contribution in [0.1, 0.15) is 10.4 Å². The third-order valence-corrected chi connectivity index (χ3v) is 3.84. The third-order valence-electron chi connectivity index (χ3n) is 3.84. The number of aromatic carboxylic acids is 1. The molecule has 1 heterocycles. The van der Waals surface area contributed by atoms with Gasteiger partial charge in [0.1, 0.15) is 5.70 Å². The zero-order valence-electron chi connectivity index (χ0n) is 15.4. The van der Waals surface area contributed by atoms with Crippen molar-refractivity contribution in [3.63, 3.8) is 0 Å². The summed E-state index contributed by atoms with van der Waals surface area (Å²) in [5.41, 5.74) is -4.45. The van der Waals surface area contributed by atoms with Crippen LogP contribution >= 0.6 is 0 Å². The minimum Gasteiger partial charge on any atom is -0.478 e. The van der Waals surface area contributed by atoms with Crippen LogP contribution in [0.2, 0.25) is 0 Å². The summed E-state index contributed by atoms with van der Waals surface area (Å²) in [7, 11) is 1.99. The number of carboxylic acid groups (broad SMARTS) is 1. The molecule has 0 aliphatic carbocycles. The maximum atomic E-state index is 12.4. The van der Waals surface area contributed by atoms with E-state index >= 15 is 0 Å². The molecule has 0 saturated carbocycles. The van der Waals surface area contributed by atoms with Crippen molar-refractivity contribution in [2.75, 3.05) is 19.1 Å². The van der Waals surface area contributed by atoms with Gasteiger partial charge in [-0.05, 0) is 12.2 Å². The highest BCUT2D eigenvalue weighted by Gasteiger charge is 2.37. The van der Waals surface area contributed by atoms with Crippen molar-refractivity contribution < 1.29 is 38.8 Å². The predicted molar refractivity (Wildman–Crippen MR) is 98.5 cm³/mol. The van der Waals surface area contributed by atoms with Crippen LogP contribution in [0.4, 0.5) is 17.1 Å². The lowest BCUT2D eigenvalue weighted by Gasteiger charge is -2.22. The van der Waals surface area contributed by atoms with Crippen molar-refractivity contribution in [3.8, 4) is 0 Å². The third kappa shape index (κ3) is 3.99. The van der Waals surface area contributed by atoms with E-state index in [-0.39, 0.29) is 0 Å². The summed E-state index contributed by atoms with van der Waals surface area (Å²) in [4.78, 5) is 57.7. The number of hydrogen-bond donors (Lipinski definition) is 1. The number of benzene rings is 1. The number of hydrogen-bond acceptors (Lipinski definition) is 10. The average Bonchev–Trinajstić information content (AvgIpc) is 2.94. The van der Waals surface area contributed by atoms with E-state index in [0.29, 0.717) is 17.0 Å². The number of rotatable bonds is 6. The zero-order chi connectivity index (χ0) is 22.6. The molecule has 1 aliphatic heterocycles. The predicted octanol–water partition coefficient (Wildman–Crippen LogP) is 1.69. The van der Waals surface area contributed by atoms with Crippen molar-refractivity contribution >= 4 is 35.0 Å². The second kappa shape index (κ2) is 8.64. The summed E-state index contributed by atoms with van der Waals surface area (Å²) in [5, 5.41) is 32.4. The molecule has 13 nitrogen and oxygen atoms in total. The zero-order valence-corrected chi connectivity index (χ0v) is 15.4. The Morgan fingerprint density at radius 1 is 0.967 bits per heavy atom. The smallest absolute Gasteiger partial charge is 0.355 e. The van der Waals surface area contributed by atoms with Gasteiger partial charge in [-0.25, -0.2) is 14.4 Å². The standard InChI is InChI=1S/C17H13N3O10/c1-29-16(23)10-5-3-4-6-18(13(10)17(24)30-2)14-11(19(25)26)7-9(15(21)22)8-12(14)20(27)28/h3-8H,1-2H3,(H,21,22). The highest BCUT2D eigenvalue weighted by Crippen LogP contribution is 2.42. The van der Waals surface area contributed by atoms with Crippen molar-refractivity contribution in [3.05, 3.63) is 73.6 Å². The minimum absolute atomic E-state index is 0.403. The fourth-order valence-electron chi connectivity index (χ4n) is 2.59. The maximum absolute atomic E-state index is 12.4. The Morgan fingerprint density at radius 2 is 1.50 bits per heavy atom. The summed E-state index contributed by atoms with van der Waals surface area (Å²) >= 11 is 0. The summed E-state index contributed by atoms with van der Waals surface area (Å²) in [5.74, 6) is -3.81.